The van der Waals surface area contributed by atoms with Crippen LogP contribution in [0.15, 0.2) is 49.3 Å². The minimum absolute atomic E-state index is 0.0972. The number of hydrogen-bond acceptors (Lipinski definition) is 5. The van der Waals surface area contributed by atoms with Gasteiger partial charge in [-0.25, -0.2) is 9.97 Å². The van der Waals surface area contributed by atoms with Gasteiger partial charge in [0.15, 0.2) is 0 Å². The van der Waals surface area contributed by atoms with Gasteiger partial charge in [0, 0.05) is 39.0 Å². The van der Waals surface area contributed by atoms with Crippen molar-refractivity contribution >= 4 is 17.5 Å². The minimum atomic E-state index is -0.805. The summed E-state index contributed by atoms with van der Waals surface area (Å²) in [5.74, 6) is -0.0486. The SMILES string of the molecule is C=C(CCC(=O)O)c1ccc(C2(OC)CCN(c3ncccn3)CC2)cc1. The molecule has 1 aliphatic heterocycles. The van der Waals surface area contributed by atoms with Crippen molar-refractivity contribution in [3.05, 3.63) is 60.4 Å². The zero-order valence-electron chi connectivity index (χ0n) is 15.6. The van der Waals surface area contributed by atoms with E-state index < -0.39 is 5.97 Å². The van der Waals surface area contributed by atoms with Crippen LogP contribution >= 0.6 is 0 Å². The highest BCUT2D eigenvalue weighted by atomic mass is 16.5. The molecule has 0 aliphatic carbocycles. The van der Waals surface area contributed by atoms with Gasteiger partial charge < -0.3 is 14.7 Å². The van der Waals surface area contributed by atoms with E-state index in [1.807, 2.05) is 18.2 Å². The molecule has 2 heterocycles. The number of benzene rings is 1. The molecule has 0 saturated carbocycles. The van der Waals surface area contributed by atoms with E-state index in [1.54, 1.807) is 19.5 Å². The number of carboxylic acid groups (broad SMARTS) is 1. The fraction of sp³-hybridized carbons (Fsp3) is 0.381. The summed E-state index contributed by atoms with van der Waals surface area (Å²) < 4.78 is 5.96. The lowest BCUT2D eigenvalue weighted by molar-refractivity contribution is -0.136. The standard InChI is InChI=1S/C21H25N3O3/c1-16(4-9-19(25)26)17-5-7-18(8-6-17)21(27-2)10-14-24(15-11-21)20-22-12-3-13-23-20/h3,5-8,12-13H,1,4,9-11,14-15H2,2H3,(H,25,26). The third-order valence-corrected chi connectivity index (χ3v) is 5.26. The molecule has 27 heavy (non-hydrogen) atoms. The molecule has 3 rings (SSSR count). The van der Waals surface area contributed by atoms with Gasteiger partial charge in [-0.2, -0.15) is 0 Å². The largest absolute Gasteiger partial charge is 0.481 e. The van der Waals surface area contributed by atoms with Gasteiger partial charge in [-0.15, -0.1) is 0 Å². The maximum Gasteiger partial charge on any atom is 0.303 e. The van der Waals surface area contributed by atoms with Crippen LogP contribution in [0.25, 0.3) is 5.57 Å². The molecule has 0 unspecified atom stereocenters. The van der Waals surface area contributed by atoms with Crippen molar-refractivity contribution in [3.63, 3.8) is 0 Å². The Labute approximate surface area is 159 Å². The Kier molecular flexibility index (Phi) is 5.86. The zero-order valence-corrected chi connectivity index (χ0v) is 15.6. The number of carbonyl (C=O) groups is 1. The lowest BCUT2D eigenvalue weighted by Gasteiger charge is -2.41. The van der Waals surface area contributed by atoms with Crippen molar-refractivity contribution in [2.45, 2.75) is 31.3 Å². The first kappa shape index (κ1) is 19.0. The molecule has 2 aromatic rings. The van der Waals surface area contributed by atoms with Crippen LogP contribution < -0.4 is 4.90 Å². The molecule has 0 bridgehead atoms. The Morgan fingerprint density at radius 1 is 1.19 bits per heavy atom. The van der Waals surface area contributed by atoms with Crippen molar-refractivity contribution in [2.75, 3.05) is 25.1 Å². The van der Waals surface area contributed by atoms with E-state index in [-0.39, 0.29) is 12.0 Å². The van der Waals surface area contributed by atoms with Gasteiger partial charge in [-0.1, -0.05) is 30.8 Å². The molecule has 1 aromatic carbocycles. The van der Waals surface area contributed by atoms with Crippen LogP contribution in [0.1, 0.15) is 36.8 Å². The van der Waals surface area contributed by atoms with Crippen LogP contribution in [0.4, 0.5) is 5.95 Å². The maximum atomic E-state index is 10.7. The number of aliphatic carboxylic acids is 1. The number of anilines is 1. The van der Waals surface area contributed by atoms with Crippen LogP contribution in [0.5, 0.6) is 0 Å². The molecular weight excluding hydrogens is 342 g/mol. The fourth-order valence-electron chi connectivity index (χ4n) is 3.54. The number of rotatable bonds is 7. The quantitative estimate of drug-likeness (QED) is 0.807. The van der Waals surface area contributed by atoms with Crippen molar-refractivity contribution in [2.24, 2.45) is 0 Å². The molecule has 1 fully saturated rings. The smallest absolute Gasteiger partial charge is 0.303 e. The van der Waals surface area contributed by atoms with Gasteiger partial charge in [0.25, 0.3) is 0 Å². The van der Waals surface area contributed by atoms with Crippen LogP contribution in [0.2, 0.25) is 0 Å². The topological polar surface area (TPSA) is 75.6 Å². The average Bonchev–Trinajstić information content (AvgIpc) is 2.73. The van der Waals surface area contributed by atoms with Gasteiger partial charge in [0.05, 0.1) is 5.60 Å². The molecule has 0 atom stereocenters. The van der Waals surface area contributed by atoms with E-state index in [0.29, 0.717) is 6.42 Å². The Morgan fingerprint density at radius 3 is 2.37 bits per heavy atom. The number of ether oxygens (including phenoxy) is 1. The van der Waals surface area contributed by atoms with E-state index in [0.717, 1.165) is 48.6 Å². The predicted octanol–water partition coefficient (Wildman–Crippen LogP) is 3.50. The summed E-state index contributed by atoms with van der Waals surface area (Å²) in [5.41, 5.74) is 2.62. The molecule has 6 nitrogen and oxygen atoms in total. The van der Waals surface area contributed by atoms with Crippen LogP contribution in [-0.4, -0.2) is 41.2 Å². The summed E-state index contributed by atoms with van der Waals surface area (Å²) in [5, 5.41) is 8.82. The first-order valence-electron chi connectivity index (χ1n) is 9.12. The number of methoxy groups -OCH3 is 1. The monoisotopic (exact) mass is 367 g/mol. The molecule has 142 valence electrons. The van der Waals surface area contributed by atoms with Crippen molar-refractivity contribution in [1.29, 1.82) is 0 Å². The molecule has 0 radical (unpaired) electrons. The second kappa shape index (κ2) is 8.31. The second-order valence-electron chi connectivity index (χ2n) is 6.81. The average molecular weight is 367 g/mol. The second-order valence-corrected chi connectivity index (χ2v) is 6.81. The molecule has 1 aromatic heterocycles. The Hall–Kier alpha value is -2.73. The van der Waals surface area contributed by atoms with Crippen molar-refractivity contribution in [1.82, 2.24) is 9.97 Å². The Bertz CT molecular complexity index is 782. The number of allylic oxidation sites excluding steroid dienone is 1. The van der Waals surface area contributed by atoms with Gasteiger partial charge in [-0.3, -0.25) is 4.79 Å². The third-order valence-electron chi connectivity index (χ3n) is 5.26. The van der Waals surface area contributed by atoms with Crippen molar-refractivity contribution < 1.29 is 14.6 Å². The van der Waals surface area contributed by atoms with Gasteiger partial charge in [-0.05, 0) is 42.0 Å². The van der Waals surface area contributed by atoms with Gasteiger partial charge in [0.2, 0.25) is 5.95 Å². The highest BCUT2D eigenvalue weighted by Crippen LogP contribution is 2.37. The van der Waals surface area contributed by atoms with Crippen molar-refractivity contribution in [3.8, 4) is 0 Å². The lowest BCUT2D eigenvalue weighted by atomic mass is 9.83. The molecule has 1 N–H and O–H groups in total. The molecule has 0 amide bonds. The van der Waals surface area contributed by atoms with E-state index in [4.69, 9.17) is 9.84 Å². The van der Waals surface area contributed by atoms with Crippen LogP contribution in [0, 0.1) is 0 Å². The molecule has 6 heteroatoms. The summed E-state index contributed by atoms with van der Waals surface area (Å²) in [6.07, 6.45) is 5.77. The number of aromatic nitrogens is 2. The van der Waals surface area contributed by atoms with E-state index >= 15 is 0 Å². The normalized spacial score (nSPS) is 16.1. The zero-order chi connectivity index (χ0) is 19.3. The predicted molar refractivity (Wildman–Crippen MR) is 105 cm³/mol. The highest BCUT2D eigenvalue weighted by Gasteiger charge is 2.36. The van der Waals surface area contributed by atoms with Gasteiger partial charge in [0.1, 0.15) is 0 Å². The summed E-state index contributed by atoms with van der Waals surface area (Å²) >= 11 is 0. The molecule has 0 spiro atoms. The summed E-state index contributed by atoms with van der Waals surface area (Å²) in [7, 11) is 1.76. The highest BCUT2D eigenvalue weighted by molar-refractivity contribution is 5.72. The molecule has 1 saturated heterocycles. The first-order chi connectivity index (χ1) is 13.0. The Balaban J connectivity index is 1.69. The van der Waals surface area contributed by atoms with Crippen LogP contribution in [-0.2, 0) is 15.1 Å². The molecule has 1 aliphatic rings. The van der Waals surface area contributed by atoms with Crippen LogP contribution in [0.3, 0.4) is 0 Å². The van der Waals surface area contributed by atoms with E-state index in [2.05, 4.69) is 33.6 Å². The number of carboxylic acids is 1. The number of piperidine rings is 1. The maximum absolute atomic E-state index is 10.7. The summed E-state index contributed by atoms with van der Waals surface area (Å²) in [4.78, 5) is 21.6. The minimum Gasteiger partial charge on any atom is -0.481 e. The first-order valence-corrected chi connectivity index (χ1v) is 9.12. The van der Waals surface area contributed by atoms with E-state index in [1.165, 1.54) is 0 Å². The number of nitrogens with zero attached hydrogens (tertiary/aromatic N) is 3. The number of hydrogen-bond donors (Lipinski definition) is 1. The third kappa shape index (κ3) is 4.34. The molecular formula is C21H25N3O3. The lowest BCUT2D eigenvalue weighted by Crippen LogP contribution is -2.44. The fourth-order valence-corrected chi connectivity index (χ4v) is 3.54. The Morgan fingerprint density at radius 2 is 1.81 bits per heavy atom. The van der Waals surface area contributed by atoms with E-state index in [9.17, 15) is 4.79 Å². The summed E-state index contributed by atoms with van der Waals surface area (Å²) in [6.45, 7) is 5.65. The summed E-state index contributed by atoms with van der Waals surface area (Å²) in [6, 6.07) is 9.97. The van der Waals surface area contributed by atoms with Gasteiger partial charge >= 0.3 is 5.97 Å².